The minimum Gasteiger partial charge on any atom is -0.453 e. The first kappa shape index (κ1) is 16.5. The molecule has 1 unspecified atom stereocenters. The second-order valence-electron chi connectivity index (χ2n) is 6.01. The third-order valence-electron chi connectivity index (χ3n) is 4.23. The number of rotatable bonds is 4. The quantitative estimate of drug-likeness (QED) is 0.825. The number of ether oxygens (including phenoxy) is 1. The molecule has 4 heteroatoms. The van der Waals surface area contributed by atoms with Crippen LogP contribution in [0.5, 0.6) is 0 Å². The Morgan fingerprint density at radius 1 is 1.25 bits per heavy atom. The third-order valence-corrected chi connectivity index (χ3v) is 4.23. The average molecular weight is 281 g/mol. The van der Waals surface area contributed by atoms with Gasteiger partial charge in [0.15, 0.2) is 0 Å². The Morgan fingerprint density at radius 3 is 2.15 bits per heavy atom. The van der Waals surface area contributed by atoms with Crippen LogP contribution in [0.3, 0.4) is 0 Å². The summed E-state index contributed by atoms with van der Waals surface area (Å²) in [6.45, 7) is 8.43. The molecule has 112 valence electrons. The van der Waals surface area contributed by atoms with Crippen LogP contribution < -0.4 is 0 Å². The van der Waals surface area contributed by atoms with Gasteiger partial charge in [0, 0.05) is 7.05 Å². The molecule has 0 radical (unpaired) electrons. The molecule has 0 saturated heterocycles. The molecular weight excluding hydrogens is 257 g/mol. The zero-order valence-electron chi connectivity index (χ0n) is 13.1. The van der Waals surface area contributed by atoms with Crippen molar-refractivity contribution in [3.05, 3.63) is 35.6 Å². The summed E-state index contributed by atoms with van der Waals surface area (Å²) in [5, 5.41) is 0. The second-order valence-corrected chi connectivity index (χ2v) is 6.01. The van der Waals surface area contributed by atoms with E-state index in [0.29, 0.717) is 5.92 Å². The van der Waals surface area contributed by atoms with E-state index in [1.807, 2.05) is 0 Å². The van der Waals surface area contributed by atoms with Crippen LogP contribution in [0.15, 0.2) is 24.3 Å². The van der Waals surface area contributed by atoms with Gasteiger partial charge in [-0.3, -0.25) is 0 Å². The van der Waals surface area contributed by atoms with Crippen LogP contribution in [0.4, 0.5) is 9.18 Å². The molecule has 1 aromatic carbocycles. The number of hydrogen-bond donors (Lipinski definition) is 0. The van der Waals surface area contributed by atoms with Gasteiger partial charge in [-0.05, 0) is 29.0 Å². The zero-order chi connectivity index (χ0) is 15.5. The first-order valence-corrected chi connectivity index (χ1v) is 6.78. The summed E-state index contributed by atoms with van der Waals surface area (Å²) in [5.41, 5.74) is 0.721. The van der Waals surface area contributed by atoms with E-state index in [-0.39, 0.29) is 17.3 Å². The Bertz CT molecular complexity index is 454. The van der Waals surface area contributed by atoms with Crippen molar-refractivity contribution in [3.63, 3.8) is 0 Å². The van der Waals surface area contributed by atoms with E-state index in [0.717, 1.165) is 5.56 Å². The van der Waals surface area contributed by atoms with Gasteiger partial charge in [0.1, 0.15) is 5.82 Å². The van der Waals surface area contributed by atoms with Crippen molar-refractivity contribution in [2.45, 2.75) is 33.7 Å². The van der Waals surface area contributed by atoms with E-state index >= 15 is 0 Å². The molecule has 0 N–H and O–H groups in total. The van der Waals surface area contributed by atoms with Gasteiger partial charge >= 0.3 is 6.09 Å². The fraction of sp³-hybridized carbons (Fsp3) is 0.562. The number of benzene rings is 1. The lowest BCUT2D eigenvalue weighted by molar-refractivity contribution is 0.0554. The lowest BCUT2D eigenvalue weighted by Gasteiger charge is -2.42. The molecule has 1 aromatic rings. The molecule has 0 saturated carbocycles. The average Bonchev–Trinajstić information content (AvgIpc) is 2.39. The number of amides is 1. The normalized spacial score (nSPS) is 13.2. The highest BCUT2D eigenvalue weighted by molar-refractivity contribution is 5.68. The largest absolute Gasteiger partial charge is 0.453 e. The van der Waals surface area contributed by atoms with Crippen molar-refractivity contribution in [2.24, 2.45) is 11.3 Å². The van der Waals surface area contributed by atoms with Crippen molar-refractivity contribution in [2.75, 3.05) is 14.2 Å². The molecule has 3 nitrogen and oxygen atoms in total. The van der Waals surface area contributed by atoms with Gasteiger partial charge in [-0.2, -0.15) is 0 Å². The van der Waals surface area contributed by atoms with E-state index in [1.165, 1.54) is 19.2 Å². The minimum atomic E-state index is -0.395. The summed E-state index contributed by atoms with van der Waals surface area (Å²) in [7, 11) is 3.08. The molecule has 0 heterocycles. The molecular formula is C16H24FNO2. The molecule has 0 spiro atoms. The summed E-state index contributed by atoms with van der Waals surface area (Å²) in [4.78, 5) is 13.5. The molecule has 0 aliphatic heterocycles. The number of hydrogen-bond acceptors (Lipinski definition) is 2. The fourth-order valence-electron chi connectivity index (χ4n) is 2.36. The molecule has 20 heavy (non-hydrogen) atoms. The zero-order valence-corrected chi connectivity index (χ0v) is 13.1. The molecule has 0 aliphatic rings. The van der Waals surface area contributed by atoms with Crippen molar-refractivity contribution in [3.8, 4) is 0 Å². The summed E-state index contributed by atoms with van der Waals surface area (Å²) in [5.74, 6) is 0.0558. The van der Waals surface area contributed by atoms with Gasteiger partial charge in [-0.1, -0.05) is 39.8 Å². The topological polar surface area (TPSA) is 29.5 Å². The van der Waals surface area contributed by atoms with E-state index in [4.69, 9.17) is 4.74 Å². The standard InChI is InChI=1S/C16H24FNO2/c1-11(2)16(3,4)14(18(5)15(19)20-6)12-7-9-13(17)10-8-12/h7-11,14H,1-6H3. The van der Waals surface area contributed by atoms with Crippen molar-refractivity contribution in [1.82, 2.24) is 4.90 Å². The first-order chi connectivity index (χ1) is 9.21. The highest BCUT2D eigenvalue weighted by Gasteiger charge is 2.38. The molecule has 0 aliphatic carbocycles. The number of halogens is 1. The van der Waals surface area contributed by atoms with Crippen LogP contribution in [-0.4, -0.2) is 25.2 Å². The predicted octanol–water partition coefficient (Wildman–Crippen LogP) is 4.25. The molecule has 1 amide bonds. The minimum absolute atomic E-state index is 0.180. The summed E-state index contributed by atoms with van der Waals surface area (Å²) >= 11 is 0. The van der Waals surface area contributed by atoms with Crippen LogP contribution in [0, 0.1) is 17.2 Å². The van der Waals surface area contributed by atoms with Crippen LogP contribution in [0.1, 0.15) is 39.3 Å². The summed E-state index contributed by atoms with van der Waals surface area (Å²) < 4.78 is 18.0. The maximum atomic E-state index is 13.1. The maximum Gasteiger partial charge on any atom is 0.409 e. The van der Waals surface area contributed by atoms with Crippen molar-refractivity contribution < 1.29 is 13.9 Å². The van der Waals surface area contributed by atoms with E-state index < -0.39 is 6.09 Å². The lowest BCUT2D eigenvalue weighted by Crippen LogP contribution is -2.42. The Kier molecular flexibility index (Phi) is 5.15. The molecule has 0 bridgehead atoms. The molecule has 0 aromatic heterocycles. The number of methoxy groups -OCH3 is 1. The van der Waals surface area contributed by atoms with Gasteiger partial charge in [0.05, 0.1) is 13.2 Å². The third kappa shape index (κ3) is 3.30. The lowest BCUT2D eigenvalue weighted by atomic mass is 9.71. The molecule has 1 atom stereocenters. The van der Waals surface area contributed by atoms with Gasteiger partial charge in [-0.25, -0.2) is 9.18 Å². The summed E-state index contributed by atoms with van der Waals surface area (Å²) in [6.07, 6.45) is -0.395. The fourth-order valence-corrected chi connectivity index (χ4v) is 2.36. The van der Waals surface area contributed by atoms with Gasteiger partial charge in [0.2, 0.25) is 0 Å². The van der Waals surface area contributed by atoms with E-state index in [9.17, 15) is 9.18 Å². The number of carbonyl (C=O) groups excluding carboxylic acids is 1. The van der Waals surface area contributed by atoms with Gasteiger partial charge in [-0.15, -0.1) is 0 Å². The van der Waals surface area contributed by atoms with E-state index in [2.05, 4.69) is 27.7 Å². The van der Waals surface area contributed by atoms with Crippen molar-refractivity contribution >= 4 is 6.09 Å². The Labute approximate surface area is 120 Å². The Morgan fingerprint density at radius 2 is 1.75 bits per heavy atom. The van der Waals surface area contributed by atoms with Crippen LogP contribution >= 0.6 is 0 Å². The second kappa shape index (κ2) is 6.25. The van der Waals surface area contributed by atoms with Crippen LogP contribution in [0.2, 0.25) is 0 Å². The highest BCUT2D eigenvalue weighted by Crippen LogP contribution is 2.43. The monoisotopic (exact) mass is 281 g/mol. The van der Waals surface area contributed by atoms with Crippen molar-refractivity contribution in [1.29, 1.82) is 0 Å². The SMILES string of the molecule is COC(=O)N(C)C(c1ccc(F)cc1)C(C)(C)C(C)C. The predicted molar refractivity (Wildman–Crippen MR) is 77.9 cm³/mol. The van der Waals surface area contributed by atoms with Gasteiger partial charge in [0.25, 0.3) is 0 Å². The first-order valence-electron chi connectivity index (χ1n) is 6.78. The highest BCUT2D eigenvalue weighted by atomic mass is 19.1. The van der Waals surface area contributed by atoms with Crippen LogP contribution in [-0.2, 0) is 4.74 Å². The van der Waals surface area contributed by atoms with E-state index in [1.54, 1.807) is 24.1 Å². The number of nitrogens with zero attached hydrogens (tertiary/aromatic N) is 1. The number of carbonyl (C=O) groups is 1. The maximum absolute atomic E-state index is 13.1. The molecule has 0 fully saturated rings. The summed E-state index contributed by atoms with van der Waals surface area (Å²) in [6, 6.07) is 6.11. The smallest absolute Gasteiger partial charge is 0.409 e. The van der Waals surface area contributed by atoms with Gasteiger partial charge < -0.3 is 9.64 Å². The van der Waals surface area contributed by atoms with Crippen LogP contribution in [0.25, 0.3) is 0 Å². The molecule has 1 rings (SSSR count). The Hall–Kier alpha value is -1.58. The Balaban J connectivity index is 3.27.